The zero-order valence-electron chi connectivity index (χ0n) is 15.9. The monoisotopic (exact) mass is 393 g/mol. The quantitative estimate of drug-likeness (QED) is 0.357. The lowest BCUT2D eigenvalue weighted by Gasteiger charge is -2.24. The van der Waals surface area contributed by atoms with Gasteiger partial charge in [0.25, 0.3) is 0 Å². The lowest BCUT2D eigenvalue weighted by atomic mass is 10.0. The summed E-state index contributed by atoms with van der Waals surface area (Å²) in [7, 11) is 0. The molecule has 0 spiro atoms. The first-order chi connectivity index (χ1) is 13.1. The minimum absolute atomic E-state index is 0.0788. The molecule has 6 N–H and O–H groups in total. The van der Waals surface area contributed by atoms with Gasteiger partial charge in [0.2, 0.25) is 11.8 Å². The van der Waals surface area contributed by atoms with Crippen molar-refractivity contribution in [3.05, 3.63) is 35.9 Å². The van der Waals surface area contributed by atoms with Gasteiger partial charge in [0.05, 0.1) is 6.04 Å². The average Bonchev–Trinajstić information content (AvgIpc) is 2.63. The molecule has 1 aromatic carbocycles. The number of benzene rings is 1. The number of carboxylic acids is 2. The molecule has 0 bridgehead atoms. The second-order valence-electron chi connectivity index (χ2n) is 6.86. The first-order valence-corrected chi connectivity index (χ1v) is 8.96. The van der Waals surface area contributed by atoms with Gasteiger partial charge in [-0.2, -0.15) is 0 Å². The van der Waals surface area contributed by atoms with Crippen molar-refractivity contribution in [3.63, 3.8) is 0 Å². The van der Waals surface area contributed by atoms with Crippen molar-refractivity contribution in [2.75, 3.05) is 0 Å². The van der Waals surface area contributed by atoms with E-state index in [1.165, 1.54) is 0 Å². The second-order valence-corrected chi connectivity index (χ2v) is 6.86. The van der Waals surface area contributed by atoms with E-state index < -0.39 is 41.9 Å². The van der Waals surface area contributed by atoms with Crippen molar-refractivity contribution in [1.82, 2.24) is 10.6 Å². The molecular weight excluding hydrogens is 366 g/mol. The Kier molecular flexibility index (Phi) is 9.10. The minimum Gasteiger partial charge on any atom is -0.481 e. The molecule has 1 aromatic rings. The Hall–Kier alpha value is -2.94. The summed E-state index contributed by atoms with van der Waals surface area (Å²) in [5.41, 5.74) is 6.47. The molecule has 0 aromatic heterocycles. The normalized spacial score (nSPS) is 14.0. The Morgan fingerprint density at radius 2 is 1.61 bits per heavy atom. The highest BCUT2D eigenvalue weighted by molar-refractivity contribution is 5.92. The summed E-state index contributed by atoms with van der Waals surface area (Å²) in [6.07, 6.45) is -0.225. The molecule has 0 radical (unpaired) electrons. The Morgan fingerprint density at radius 1 is 1.00 bits per heavy atom. The molecule has 0 aliphatic heterocycles. The number of carbonyl (C=O) groups excluding carboxylic acids is 2. The third kappa shape index (κ3) is 7.75. The van der Waals surface area contributed by atoms with Gasteiger partial charge in [0.1, 0.15) is 12.1 Å². The Balaban J connectivity index is 2.92. The van der Waals surface area contributed by atoms with E-state index in [4.69, 9.17) is 10.8 Å². The molecule has 2 amide bonds. The number of rotatable bonds is 11. The van der Waals surface area contributed by atoms with Gasteiger partial charge >= 0.3 is 11.9 Å². The van der Waals surface area contributed by atoms with Crippen molar-refractivity contribution in [1.29, 1.82) is 0 Å². The van der Waals surface area contributed by atoms with E-state index in [1.807, 2.05) is 0 Å². The number of amides is 2. The van der Waals surface area contributed by atoms with Crippen molar-refractivity contribution < 1.29 is 29.4 Å². The summed E-state index contributed by atoms with van der Waals surface area (Å²) in [6.45, 7) is 3.32. The number of nitrogens with two attached hydrogens (primary N) is 1. The molecule has 9 nitrogen and oxygen atoms in total. The van der Waals surface area contributed by atoms with Gasteiger partial charge in [-0.05, 0) is 17.9 Å². The van der Waals surface area contributed by atoms with Gasteiger partial charge in [-0.3, -0.25) is 14.4 Å². The highest BCUT2D eigenvalue weighted by atomic mass is 16.4. The van der Waals surface area contributed by atoms with Crippen LogP contribution >= 0.6 is 0 Å². The van der Waals surface area contributed by atoms with Crippen LogP contribution in [0.25, 0.3) is 0 Å². The second kappa shape index (κ2) is 11.0. The van der Waals surface area contributed by atoms with E-state index in [0.717, 1.165) is 5.56 Å². The third-order valence-electron chi connectivity index (χ3n) is 4.15. The van der Waals surface area contributed by atoms with Crippen LogP contribution in [0, 0.1) is 5.92 Å². The number of hydrogen-bond donors (Lipinski definition) is 5. The fourth-order valence-corrected chi connectivity index (χ4v) is 2.52. The highest BCUT2D eigenvalue weighted by Gasteiger charge is 2.29. The fourth-order valence-electron chi connectivity index (χ4n) is 2.52. The Bertz CT molecular complexity index is 692. The lowest BCUT2D eigenvalue weighted by molar-refractivity contribution is -0.143. The highest BCUT2D eigenvalue weighted by Crippen LogP contribution is 2.07. The van der Waals surface area contributed by atoms with Crippen LogP contribution in [-0.4, -0.2) is 52.1 Å². The van der Waals surface area contributed by atoms with Crippen molar-refractivity contribution in [2.24, 2.45) is 11.7 Å². The van der Waals surface area contributed by atoms with Gasteiger partial charge in [-0.1, -0.05) is 44.2 Å². The summed E-state index contributed by atoms with van der Waals surface area (Å²) in [6, 6.07) is 5.65. The van der Waals surface area contributed by atoms with E-state index in [-0.39, 0.29) is 25.2 Å². The predicted molar refractivity (Wildman–Crippen MR) is 101 cm³/mol. The maximum Gasteiger partial charge on any atom is 0.326 e. The van der Waals surface area contributed by atoms with Gasteiger partial charge in [0, 0.05) is 12.8 Å². The molecule has 9 heteroatoms. The van der Waals surface area contributed by atoms with Crippen LogP contribution in [0.4, 0.5) is 0 Å². The molecule has 28 heavy (non-hydrogen) atoms. The van der Waals surface area contributed by atoms with Crippen LogP contribution in [-0.2, 0) is 25.6 Å². The Labute approximate surface area is 163 Å². The molecule has 0 aliphatic carbocycles. The van der Waals surface area contributed by atoms with E-state index in [0.29, 0.717) is 0 Å². The minimum atomic E-state index is -1.17. The summed E-state index contributed by atoms with van der Waals surface area (Å²) >= 11 is 0. The molecule has 0 saturated carbocycles. The summed E-state index contributed by atoms with van der Waals surface area (Å²) < 4.78 is 0. The molecule has 3 atom stereocenters. The van der Waals surface area contributed by atoms with Crippen LogP contribution in [0.1, 0.15) is 32.3 Å². The summed E-state index contributed by atoms with van der Waals surface area (Å²) in [5.74, 6) is -3.93. The summed E-state index contributed by atoms with van der Waals surface area (Å²) in [4.78, 5) is 47.0. The van der Waals surface area contributed by atoms with E-state index in [9.17, 15) is 24.3 Å². The van der Waals surface area contributed by atoms with E-state index in [1.54, 1.807) is 44.2 Å². The largest absolute Gasteiger partial charge is 0.481 e. The standard InChI is InChI=1S/C19H27N3O6/c1-11(2)16(19(27)28)22-18(26)14(10-12-6-4-3-5-7-12)21-17(25)13(20)8-9-15(23)24/h3-7,11,13-14,16H,8-10,20H2,1-2H3,(H,21,25)(H,22,26)(H,23,24)(H,27,28). The van der Waals surface area contributed by atoms with Gasteiger partial charge in [-0.15, -0.1) is 0 Å². The van der Waals surface area contributed by atoms with Crippen LogP contribution in [0.3, 0.4) is 0 Å². The predicted octanol–water partition coefficient (Wildman–Crippen LogP) is 0.131. The maximum absolute atomic E-state index is 12.7. The molecule has 0 aliphatic rings. The first-order valence-electron chi connectivity index (χ1n) is 8.96. The maximum atomic E-state index is 12.7. The number of hydrogen-bond acceptors (Lipinski definition) is 5. The van der Waals surface area contributed by atoms with Gasteiger partial charge in [-0.25, -0.2) is 4.79 Å². The summed E-state index contributed by atoms with van der Waals surface area (Å²) in [5, 5.41) is 22.9. The SMILES string of the molecule is CC(C)C(NC(=O)C(Cc1ccccc1)NC(=O)C(N)CCC(=O)O)C(=O)O. The van der Waals surface area contributed by atoms with Crippen molar-refractivity contribution in [2.45, 2.75) is 51.2 Å². The first kappa shape index (κ1) is 23.1. The molecule has 0 fully saturated rings. The van der Waals surface area contributed by atoms with Crippen molar-refractivity contribution >= 4 is 23.8 Å². The van der Waals surface area contributed by atoms with E-state index >= 15 is 0 Å². The molecule has 3 unspecified atom stereocenters. The van der Waals surface area contributed by atoms with E-state index in [2.05, 4.69) is 10.6 Å². The Morgan fingerprint density at radius 3 is 2.11 bits per heavy atom. The number of carboxylic acid groups (broad SMARTS) is 2. The lowest BCUT2D eigenvalue weighted by Crippen LogP contribution is -2.56. The van der Waals surface area contributed by atoms with Gasteiger partial charge < -0.3 is 26.6 Å². The van der Waals surface area contributed by atoms with Crippen LogP contribution in [0.5, 0.6) is 0 Å². The molecule has 1 rings (SSSR count). The number of carbonyl (C=O) groups is 4. The molecule has 0 heterocycles. The third-order valence-corrected chi connectivity index (χ3v) is 4.15. The zero-order valence-corrected chi connectivity index (χ0v) is 15.9. The number of nitrogens with one attached hydrogen (secondary N) is 2. The fraction of sp³-hybridized carbons (Fsp3) is 0.474. The topological polar surface area (TPSA) is 159 Å². The zero-order chi connectivity index (χ0) is 21.3. The van der Waals surface area contributed by atoms with Crippen LogP contribution in [0.2, 0.25) is 0 Å². The molecule has 154 valence electrons. The molecule has 0 saturated heterocycles. The van der Waals surface area contributed by atoms with Crippen molar-refractivity contribution in [3.8, 4) is 0 Å². The molecular formula is C19H27N3O6. The van der Waals surface area contributed by atoms with Gasteiger partial charge in [0.15, 0.2) is 0 Å². The van der Waals surface area contributed by atoms with Crippen LogP contribution < -0.4 is 16.4 Å². The average molecular weight is 393 g/mol. The number of aliphatic carboxylic acids is 2. The van der Waals surface area contributed by atoms with Crippen LogP contribution in [0.15, 0.2) is 30.3 Å². The smallest absolute Gasteiger partial charge is 0.326 e.